The Labute approximate surface area is 124 Å². The first kappa shape index (κ1) is 14.9. The van der Waals surface area contributed by atoms with Crippen LogP contribution in [0.2, 0.25) is 0 Å². The van der Waals surface area contributed by atoms with Crippen LogP contribution in [-0.4, -0.2) is 57.4 Å². The van der Waals surface area contributed by atoms with Crippen molar-refractivity contribution in [3.05, 3.63) is 30.1 Å². The average Bonchev–Trinajstić information content (AvgIpc) is 2.47. The SMILES string of the molecule is CC(C)(C(N)=S)N1CCN(C(=O)c2ccccn2)CC1. The summed E-state index contributed by atoms with van der Waals surface area (Å²) < 4.78 is 0. The minimum Gasteiger partial charge on any atom is -0.392 e. The fraction of sp³-hybridized carbons (Fsp3) is 0.500. The zero-order chi connectivity index (χ0) is 14.8. The summed E-state index contributed by atoms with van der Waals surface area (Å²) in [5.41, 5.74) is 5.97. The summed E-state index contributed by atoms with van der Waals surface area (Å²) in [5.74, 6) is -0.0154. The standard InChI is InChI=1S/C14H20N4OS/c1-14(2,13(15)20)18-9-7-17(8-10-18)12(19)11-5-3-4-6-16-11/h3-6H,7-10H2,1-2H3,(H2,15,20). The predicted octanol–water partition coefficient (Wildman–Crippen LogP) is 0.904. The monoisotopic (exact) mass is 292 g/mol. The van der Waals surface area contributed by atoms with Gasteiger partial charge in [-0.15, -0.1) is 0 Å². The van der Waals surface area contributed by atoms with E-state index in [2.05, 4.69) is 9.88 Å². The van der Waals surface area contributed by atoms with E-state index in [4.69, 9.17) is 18.0 Å². The summed E-state index contributed by atoms with van der Waals surface area (Å²) in [5, 5.41) is 0. The highest BCUT2D eigenvalue weighted by Crippen LogP contribution is 2.18. The molecule has 1 aromatic rings. The highest BCUT2D eigenvalue weighted by Gasteiger charge is 2.33. The van der Waals surface area contributed by atoms with Crippen molar-refractivity contribution in [3.8, 4) is 0 Å². The van der Waals surface area contributed by atoms with Gasteiger partial charge in [-0.2, -0.15) is 0 Å². The molecule has 2 N–H and O–H groups in total. The zero-order valence-electron chi connectivity index (χ0n) is 11.9. The van der Waals surface area contributed by atoms with Gasteiger partial charge in [-0.1, -0.05) is 18.3 Å². The molecular weight excluding hydrogens is 272 g/mol. The molecule has 0 aromatic carbocycles. The molecule has 1 amide bonds. The van der Waals surface area contributed by atoms with E-state index in [0.717, 1.165) is 13.1 Å². The molecule has 5 nitrogen and oxygen atoms in total. The molecule has 0 unspecified atom stereocenters. The highest BCUT2D eigenvalue weighted by atomic mass is 32.1. The molecule has 1 aliphatic heterocycles. The lowest BCUT2D eigenvalue weighted by Gasteiger charge is -2.43. The Morgan fingerprint density at radius 1 is 1.30 bits per heavy atom. The maximum Gasteiger partial charge on any atom is 0.272 e. The van der Waals surface area contributed by atoms with Gasteiger partial charge in [0.25, 0.3) is 5.91 Å². The number of pyridine rings is 1. The van der Waals surface area contributed by atoms with Crippen LogP contribution in [0.15, 0.2) is 24.4 Å². The van der Waals surface area contributed by atoms with Crippen molar-refractivity contribution in [2.75, 3.05) is 26.2 Å². The Balaban J connectivity index is 1.98. The maximum atomic E-state index is 12.3. The number of carbonyl (C=O) groups excluding carboxylic acids is 1. The van der Waals surface area contributed by atoms with Crippen molar-refractivity contribution >= 4 is 23.1 Å². The van der Waals surface area contributed by atoms with Gasteiger partial charge in [-0.05, 0) is 26.0 Å². The van der Waals surface area contributed by atoms with Gasteiger partial charge in [0.1, 0.15) is 5.69 Å². The molecule has 0 atom stereocenters. The van der Waals surface area contributed by atoms with Crippen molar-refractivity contribution in [2.45, 2.75) is 19.4 Å². The van der Waals surface area contributed by atoms with E-state index in [1.54, 1.807) is 18.3 Å². The van der Waals surface area contributed by atoms with Gasteiger partial charge in [0, 0.05) is 32.4 Å². The van der Waals surface area contributed by atoms with E-state index < -0.39 is 0 Å². The summed E-state index contributed by atoms with van der Waals surface area (Å²) >= 11 is 5.12. The molecule has 0 radical (unpaired) electrons. The van der Waals surface area contributed by atoms with E-state index in [0.29, 0.717) is 23.8 Å². The molecule has 1 aromatic heterocycles. The number of nitrogens with two attached hydrogens (primary N) is 1. The lowest BCUT2D eigenvalue weighted by molar-refractivity contribution is 0.0534. The number of hydrogen-bond donors (Lipinski definition) is 1. The third-order valence-corrected chi connectivity index (χ3v) is 4.34. The van der Waals surface area contributed by atoms with Gasteiger partial charge in [0.2, 0.25) is 0 Å². The average molecular weight is 292 g/mol. The van der Waals surface area contributed by atoms with E-state index in [-0.39, 0.29) is 11.4 Å². The minimum absolute atomic E-state index is 0.0154. The van der Waals surface area contributed by atoms with Gasteiger partial charge in [-0.3, -0.25) is 14.7 Å². The van der Waals surface area contributed by atoms with Crippen LogP contribution in [0, 0.1) is 0 Å². The van der Waals surface area contributed by atoms with Gasteiger partial charge in [-0.25, -0.2) is 0 Å². The second kappa shape index (κ2) is 5.85. The normalized spacial score (nSPS) is 17.0. The first-order valence-electron chi connectivity index (χ1n) is 6.68. The molecular formula is C14H20N4OS. The van der Waals surface area contributed by atoms with Gasteiger partial charge >= 0.3 is 0 Å². The third-order valence-electron chi connectivity index (χ3n) is 3.84. The van der Waals surface area contributed by atoms with Gasteiger partial charge < -0.3 is 10.6 Å². The minimum atomic E-state index is -0.310. The number of amides is 1. The number of aromatic nitrogens is 1. The van der Waals surface area contributed by atoms with E-state index in [1.165, 1.54) is 0 Å². The van der Waals surface area contributed by atoms with Crippen LogP contribution in [-0.2, 0) is 0 Å². The molecule has 1 saturated heterocycles. The lowest BCUT2D eigenvalue weighted by Crippen LogP contribution is -2.59. The molecule has 1 aliphatic rings. The molecule has 20 heavy (non-hydrogen) atoms. The summed E-state index contributed by atoms with van der Waals surface area (Å²) in [6.45, 7) is 6.91. The van der Waals surface area contributed by atoms with Crippen molar-refractivity contribution in [1.29, 1.82) is 0 Å². The summed E-state index contributed by atoms with van der Waals surface area (Å²) in [4.78, 5) is 20.9. The van der Waals surface area contributed by atoms with Crippen molar-refractivity contribution < 1.29 is 4.79 Å². The summed E-state index contributed by atoms with van der Waals surface area (Å²) in [6, 6.07) is 5.37. The number of rotatable bonds is 3. The molecule has 2 heterocycles. The largest absolute Gasteiger partial charge is 0.392 e. The first-order valence-corrected chi connectivity index (χ1v) is 7.09. The topological polar surface area (TPSA) is 62.5 Å². The Kier molecular flexibility index (Phi) is 4.35. The fourth-order valence-corrected chi connectivity index (χ4v) is 2.40. The molecule has 0 bridgehead atoms. The number of hydrogen-bond acceptors (Lipinski definition) is 4. The zero-order valence-corrected chi connectivity index (χ0v) is 12.7. The van der Waals surface area contributed by atoms with E-state index in [1.807, 2.05) is 24.8 Å². The highest BCUT2D eigenvalue weighted by molar-refractivity contribution is 7.80. The van der Waals surface area contributed by atoms with Crippen LogP contribution in [0.1, 0.15) is 24.3 Å². The Bertz CT molecular complexity index is 495. The van der Waals surface area contributed by atoms with Crippen molar-refractivity contribution in [3.63, 3.8) is 0 Å². The number of thiocarbonyl (C=S) groups is 1. The predicted molar refractivity (Wildman–Crippen MR) is 82.6 cm³/mol. The molecule has 1 fully saturated rings. The molecule has 0 saturated carbocycles. The number of nitrogens with zero attached hydrogens (tertiary/aromatic N) is 3. The van der Waals surface area contributed by atoms with Crippen LogP contribution < -0.4 is 5.73 Å². The molecule has 2 rings (SSSR count). The summed E-state index contributed by atoms with van der Waals surface area (Å²) in [6.07, 6.45) is 1.64. The lowest BCUT2D eigenvalue weighted by atomic mass is 10.0. The Hall–Kier alpha value is -1.53. The maximum absolute atomic E-state index is 12.3. The fourth-order valence-electron chi connectivity index (χ4n) is 2.28. The summed E-state index contributed by atoms with van der Waals surface area (Å²) in [7, 11) is 0. The van der Waals surface area contributed by atoms with Crippen LogP contribution in [0.5, 0.6) is 0 Å². The third kappa shape index (κ3) is 2.96. The number of carbonyl (C=O) groups is 1. The van der Waals surface area contributed by atoms with Crippen molar-refractivity contribution in [2.24, 2.45) is 5.73 Å². The van der Waals surface area contributed by atoms with Crippen LogP contribution in [0.25, 0.3) is 0 Å². The molecule has 6 heteroatoms. The van der Waals surface area contributed by atoms with Gasteiger partial charge in [0.15, 0.2) is 0 Å². The van der Waals surface area contributed by atoms with Crippen LogP contribution >= 0.6 is 12.2 Å². The van der Waals surface area contributed by atoms with Crippen LogP contribution in [0.4, 0.5) is 0 Å². The Morgan fingerprint density at radius 3 is 2.45 bits per heavy atom. The molecule has 108 valence electrons. The quantitative estimate of drug-likeness (QED) is 0.839. The van der Waals surface area contributed by atoms with E-state index >= 15 is 0 Å². The van der Waals surface area contributed by atoms with Gasteiger partial charge in [0.05, 0.1) is 10.5 Å². The molecule has 0 aliphatic carbocycles. The van der Waals surface area contributed by atoms with Crippen LogP contribution in [0.3, 0.4) is 0 Å². The first-order chi connectivity index (χ1) is 9.43. The second-order valence-electron chi connectivity index (χ2n) is 5.42. The van der Waals surface area contributed by atoms with Crippen molar-refractivity contribution in [1.82, 2.24) is 14.8 Å². The second-order valence-corrected chi connectivity index (χ2v) is 5.86. The molecule has 0 spiro atoms. The Morgan fingerprint density at radius 2 is 1.95 bits per heavy atom. The van der Waals surface area contributed by atoms with E-state index in [9.17, 15) is 4.79 Å². The number of piperazine rings is 1. The smallest absolute Gasteiger partial charge is 0.272 e.